The molecule has 26 heavy (non-hydrogen) atoms. The largest absolute Gasteiger partial charge is 0.450 e. The number of ether oxygens (including phenoxy) is 1. The Hall–Kier alpha value is -2.31. The second-order valence-corrected chi connectivity index (χ2v) is 6.25. The van der Waals surface area contributed by atoms with Gasteiger partial charge in [0, 0.05) is 32.2 Å². The van der Waals surface area contributed by atoms with E-state index in [-0.39, 0.29) is 18.0 Å². The van der Waals surface area contributed by atoms with Crippen LogP contribution in [0.25, 0.3) is 0 Å². The fourth-order valence-electron chi connectivity index (χ4n) is 2.92. The number of aliphatic imine (C=N–C) groups is 1. The van der Waals surface area contributed by atoms with Crippen LogP contribution in [-0.2, 0) is 11.2 Å². The number of piperidine rings is 1. The third-order valence-electron chi connectivity index (χ3n) is 4.27. The summed E-state index contributed by atoms with van der Waals surface area (Å²) in [5.41, 5.74) is 0.937. The summed E-state index contributed by atoms with van der Waals surface area (Å²) in [4.78, 5) is 18.1. The minimum absolute atomic E-state index is 0.218. The van der Waals surface area contributed by atoms with E-state index < -0.39 is 0 Å². The number of likely N-dealkylation sites (tertiary alicyclic amines) is 1. The predicted molar refractivity (Wildman–Crippen MR) is 101 cm³/mol. The molecule has 1 amide bonds. The lowest BCUT2D eigenvalue weighted by atomic mass is 10.1. The lowest BCUT2D eigenvalue weighted by Crippen LogP contribution is -2.50. The highest BCUT2D eigenvalue weighted by molar-refractivity contribution is 5.80. The molecular formula is C19H29FN4O2. The van der Waals surface area contributed by atoms with E-state index in [9.17, 15) is 9.18 Å². The Morgan fingerprint density at radius 1 is 1.35 bits per heavy atom. The number of nitrogens with zero attached hydrogens (tertiary/aromatic N) is 2. The fourth-order valence-corrected chi connectivity index (χ4v) is 2.92. The van der Waals surface area contributed by atoms with Crippen LogP contribution in [0.1, 0.15) is 32.3 Å². The molecule has 0 spiro atoms. The number of carbonyl (C=O) groups is 1. The minimum atomic E-state index is -0.235. The molecule has 0 atom stereocenters. The second-order valence-electron chi connectivity index (χ2n) is 6.25. The van der Waals surface area contributed by atoms with Gasteiger partial charge in [-0.2, -0.15) is 0 Å². The summed E-state index contributed by atoms with van der Waals surface area (Å²) in [7, 11) is 0. The van der Waals surface area contributed by atoms with Crippen molar-refractivity contribution in [1.82, 2.24) is 15.5 Å². The molecule has 1 aromatic carbocycles. The number of amides is 1. The maximum atomic E-state index is 13.2. The van der Waals surface area contributed by atoms with Gasteiger partial charge in [-0.1, -0.05) is 12.1 Å². The molecule has 1 fully saturated rings. The van der Waals surface area contributed by atoms with Crippen molar-refractivity contribution in [3.63, 3.8) is 0 Å². The Balaban J connectivity index is 1.81. The standard InChI is InChI=1S/C19H29FN4O2/c1-3-21-18(22-11-8-15-6-5-7-16(20)14-15)23-17-9-12-24(13-10-17)19(25)26-4-2/h5-7,14,17H,3-4,8-13H2,1-2H3,(H2,21,22,23). The van der Waals surface area contributed by atoms with Crippen molar-refractivity contribution in [2.75, 3.05) is 32.8 Å². The molecule has 144 valence electrons. The molecule has 6 nitrogen and oxygen atoms in total. The molecule has 7 heteroatoms. The van der Waals surface area contributed by atoms with E-state index in [1.807, 2.05) is 19.9 Å². The molecule has 1 heterocycles. The molecule has 1 aliphatic heterocycles. The quantitative estimate of drug-likeness (QED) is 0.601. The first-order valence-electron chi connectivity index (χ1n) is 9.33. The number of halogens is 1. The number of rotatable bonds is 6. The van der Waals surface area contributed by atoms with Crippen molar-refractivity contribution < 1.29 is 13.9 Å². The fraction of sp³-hybridized carbons (Fsp3) is 0.579. The van der Waals surface area contributed by atoms with E-state index in [1.54, 1.807) is 17.0 Å². The zero-order chi connectivity index (χ0) is 18.8. The van der Waals surface area contributed by atoms with Crippen LogP contribution in [0, 0.1) is 5.82 Å². The van der Waals surface area contributed by atoms with Gasteiger partial charge in [-0.05, 0) is 50.8 Å². The highest BCUT2D eigenvalue weighted by Gasteiger charge is 2.23. The summed E-state index contributed by atoms with van der Waals surface area (Å²) in [6.45, 7) is 6.95. The number of nitrogens with one attached hydrogen (secondary N) is 2. The van der Waals surface area contributed by atoms with Crippen molar-refractivity contribution in [2.24, 2.45) is 4.99 Å². The Kier molecular flexibility index (Phi) is 8.18. The predicted octanol–water partition coefficient (Wildman–Crippen LogP) is 2.54. The van der Waals surface area contributed by atoms with Crippen LogP contribution in [-0.4, -0.2) is 55.8 Å². The number of benzene rings is 1. The van der Waals surface area contributed by atoms with Gasteiger partial charge in [-0.3, -0.25) is 4.99 Å². The lowest BCUT2D eigenvalue weighted by Gasteiger charge is -2.32. The van der Waals surface area contributed by atoms with Crippen LogP contribution in [0.3, 0.4) is 0 Å². The van der Waals surface area contributed by atoms with Gasteiger partial charge in [0.05, 0.1) is 6.61 Å². The van der Waals surface area contributed by atoms with Gasteiger partial charge in [0.2, 0.25) is 0 Å². The molecule has 0 saturated carbocycles. The highest BCUT2D eigenvalue weighted by atomic mass is 19.1. The van der Waals surface area contributed by atoms with E-state index in [0.29, 0.717) is 32.7 Å². The Labute approximate surface area is 154 Å². The Morgan fingerprint density at radius 3 is 2.77 bits per heavy atom. The maximum absolute atomic E-state index is 13.2. The van der Waals surface area contributed by atoms with Gasteiger partial charge in [-0.15, -0.1) is 0 Å². The highest BCUT2D eigenvalue weighted by Crippen LogP contribution is 2.11. The zero-order valence-corrected chi connectivity index (χ0v) is 15.6. The van der Waals surface area contributed by atoms with Crippen molar-refractivity contribution in [1.29, 1.82) is 0 Å². The normalized spacial score (nSPS) is 15.7. The van der Waals surface area contributed by atoms with Crippen LogP contribution in [0.2, 0.25) is 0 Å². The number of carbonyl (C=O) groups excluding carboxylic acids is 1. The summed E-state index contributed by atoms with van der Waals surface area (Å²) >= 11 is 0. The maximum Gasteiger partial charge on any atom is 0.409 e. The molecule has 2 rings (SSSR count). The summed E-state index contributed by atoms with van der Waals surface area (Å²) in [5, 5.41) is 6.67. The van der Waals surface area contributed by atoms with Crippen molar-refractivity contribution >= 4 is 12.1 Å². The smallest absolute Gasteiger partial charge is 0.409 e. The average molecular weight is 364 g/mol. The first kappa shape index (κ1) is 20.0. The molecule has 1 aromatic rings. The number of guanidine groups is 1. The molecule has 0 unspecified atom stereocenters. The summed E-state index contributed by atoms with van der Waals surface area (Å²) < 4.78 is 18.3. The SMILES string of the molecule is CCNC(=NCCc1cccc(F)c1)NC1CCN(C(=O)OCC)CC1. The number of hydrogen-bond donors (Lipinski definition) is 2. The third-order valence-corrected chi connectivity index (χ3v) is 4.27. The van der Waals surface area contributed by atoms with Crippen LogP contribution < -0.4 is 10.6 Å². The first-order chi connectivity index (χ1) is 12.6. The monoisotopic (exact) mass is 364 g/mol. The van der Waals surface area contributed by atoms with E-state index in [4.69, 9.17) is 4.74 Å². The van der Waals surface area contributed by atoms with E-state index in [0.717, 1.165) is 30.9 Å². The second kappa shape index (κ2) is 10.6. The topological polar surface area (TPSA) is 66.0 Å². The average Bonchev–Trinajstić information content (AvgIpc) is 2.63. The van der Waals surface area contributed by atoms with E-state index in [1.165, 1.54) is 6.07 Å². The molecule has 2 N–H and O–H groups in total. The zero-order valence-electron chi connectivity index (χ0n) is 15.6. The summed E-state index contributed by atoms with van der Waals surface area (Å²) in [5.74, 6) is 0.545. The van der Waals surface area contributed by atoms with E-state index >= 15 is 0 Å². The van der Waals surface area contributed by atoms with Crippen LogP contribution >= 0.6 is 0 Å². The van der Waals surface area contributed by atoms with Gasteiger partial charge >= 0.3 is 6.09 Å². The van der Waals surface area contributed by atoms with Crippen molar-refractivity contribution in [3.8, 4) is 0 Å². The van der Waals surface area contributed by atoms with Gasteiger partial charge in [0.15, 0.2) is 5.96 Å². The van der Waals surface area contributed by atoms with Crippen molar-refractivity contribution in [2.45, 2.75) is 39.2 Å². The lowest BCUT2D eigenvalue weighted by molar-refractivity contribution is 0.0963. The summed E-state index contributed by atoms with van der Waals surface area (Å²) in [6.07, 6.45) is 2.16. The van der Waals surface area contributed by atoms with Crippen molar-refractivity contribution in [3.05, 3.63) is 35.6 Å². The molecule has 0 aliphatic carbocycles. The van der Waals surface area contributed by atoms with Gasteiger partial charge in [0.1, 0.15) is 5.82 Å². The number of hydrogen-bond acceptors (Lipinski definition) is 3. The molecule has 0 bridgehead atoms. The Morgan fingerprint density at radius 2 is 2.12 bits per heavy atom. The molecule has 0 aromatic heterocycles. The first-order valence-corrected chi connectivity index (χ1v) is 9.33. The van der Waals surface area contributed by atoms with E-state index in [2.05, 4.69) is 15.6 Å². The van der Waals surface area contributed by atoms with Gasteiger partial charge < -0.3 is 20.3 Å². The Bertz CT molecular complexity index is 601. The minimum Gasteiger partial charge on any atom is -0.450 e. The molecule has 1 aliphatic rings. The van der Waals surface area contributed by atoms with Crippen LogP contribution in [0.5, 0.6) is 0 Å². The van der Waals surface area contributed by atoms with Gasteiger partial charge in [0.25, 0.3) is 0 Å². The summed E-state index contributed by atoms with van der Waals surface area (Å²) in [6, 6.07) is 6.88. The molecular weight excluding hydrogens is 335 g/mol. The van der Waals surface area contributed by atoms with Crippen LogP contribution in [0.15, 0.2) is 29.3 Å². The third kappa shape index (κ3) is 6.54. The molecule has 1 saturated heterocycles. The molecule has 0 radical (unpaired) electrons. The van der Waals surface area contributed by atoms with Crippen LogP contribution in [0.4, 0.5) is 9.18 Å². The van der Waals surface area contributed by atoms with Gasteiger partial charge in [-0.25, -0.2) is 9.18 Å².